The summed E-state index contributed by atoms with van der Waals surface area (Å²) in [4.78, 5) is 2.10. The number of hydrogen-bond acceptors (Lipinski definition) is 3. The number of halogens is 1. The fourth-order valence-corrected chi connectivity index (χ4v) is 3.08. The summed E-state index contributed by atoms with van der Waals surface area (Å²) in [6.07, 6.45) is -0.554. The third kappa shape index (κ3) is 4.58. The van der Waals surface area contributed by atoms with Crippen molar-refractivity contribution in [1.82, 2.24) is 10.2 Å². The standard InChI is InChI=1S/C18H21ClN2O.C2H6/c1-13-5-6-16(19)12-17(13)14-3-2-4-15(11-14)18(22)21-9-7-20-8-10-21;1-2/h2-6,11-12,18,20,22H,7-10H2,1H3;1-2H3. The van der Waals surface area contributed by atoms with Gasteiger partial charge in [0.15, 0.2) is 0 Å². The lowest BCUT2D eigenvalue weighted by Crippen LogP contribution is -2.45. The van der Waals surface area contributed by atoms with Crippen LogP contribution in [0.5, 0.6) is 0 Å². The number of aliphatic hydroxyl groups excluding tert-OH is 1. The van der Waals surface area contributed by atoms with Gasteiger partial charge in [-0.25, -0.2) is 0 Å². The monoisotopic (exact) mass is 346 g/mol. The largest absolute Gasteiger partial charge is 0.374 e. The van der Waals surface area contributed by atoms with Crippen molar-refractivity contribution in [2.45, 2.75) is 27.0 Å². The topological polar surface area (TPSA) is 35.5 Å². The molecule has 24 heavy (non-hydrogen) atoms. The van der Waals surface area contributed by atoms with Crippen LogP contribution in [-0.2, 0) is 0 Å². The van der Waals surface area contributed by atoms with Crippen LogP contribution in [0.25, 0.3) is 11.1 Å². The van der Waals surface area contributed by atoms with Gasteiger partial charge in [0.1, 0.15) is 6.23 Å². The maximum Gasteiger partial charge on any atom is 0.133 e. The first kappa shape index (κ1) is 18.9. The highest BCUT2D eigenvalue weighted by Gasteiger charge is 2.19. The molecule has 0 saturated carbocycles. The molecule has 1 fully saturated rings. The molecular weight excluding hydrogens is 320 g/mol. The van der Waals surface area contributed by atoms with E-state index >= 15 is 0 Å². The zero-order chi connectivity index (χ0) is 17.5. The summed E-state index contributed by atoms with van der Waals surface area (Å²) < 4.78 is 0. The molecule has 0 bridgehead atoms. The van der Waals surface area contributed by atoms with Crippen LogP contribution >= 0.6 is 11.6 Å². The van der Waals surface area contributed by atoms with Crippen molar-refractivity contribution in [3.8, 4) is 11.1 Å². The molecule has 3 rings (SSSR count). The lowest BCUT2D eigenvalue weighted by molar-refractivity contribution is -0.00542. The number of benzene rings is 2. The minimum absolute atomic E-state index is 0.554. The molecule has 1 aliphatic heterocycles. The van der Waals surface area contributed by atoms with E-state index in [1.54, 1.807) is 0 Å². The Balaban J connectivity index is 0.00000100. The fourth-order valence-electron chi connectivity index (χ4n) is 2.91. The van der Waals surface area contributed by atoms with E-state index in [9.17, 15) is 5.11 Å². The van der Waals surface area contributed by atoms with Gasteiger partial charge >= 0.3 is 0 Å². The summed E-state index contributed by atoms with van der Waals surface area (Å²) >= 11 is 6.13. The van der Waals surface area contributed by atoms with Crippen molar-refractivity contribution in [3.05, 3.63) is 58.6 Å². The van der Waals surface area contributed by atoms with Crippen molar-refractivity contribution in [3.63, 3.8) is 0 Å². The van der Waals surface area contributed by atoms with E-state index in [1.807, 2.05) is 44.2 Å². The van der Waals surface area contributed by atoms with Gasteiger partial charge in [-0.15, -0.1) is 0 Å². The molecule has 130 valence electrons. The minimum Gasteiger partial charge on any atom is -0.374 e. The highest BCUT2D eigenvalue weighted by Crippen LogP contribution is 2.29. The second-order valence-electron chi connectivity index (χ2n) is 5.74. The summed E-state index contributed by atoms with van der Waals surface area (Å²) in [5, 5.41) is 14.6. The van der Waals surface area contributed by atoms with Crippen molar-refractivity contribution in [1.29, 1.82) is 0 Å². The molecule has 2 aromatic rings. The highest BCUT2D eigenvalue weighted by molar-refractivity contribution is 6.30. The van der Waals surface area contributed by atoms with Gasteiger partial charge in [0, 0.05) is 31.2 Å². The van der Waals surface area contributed by atoms with E-state index in [4.69, 9.17) is 11.6 Å². The molecule has 2 N–H and O–H groups in total. The molecule has 0 amide bonds. The average molecular weight is 347 g/mol. The second kappa shape index (κ2) is 9.19. The number of aryl methyl sites for hydroxylation is 1. The predicted octanol–water partition coefficient (Wildman–Crippen LogP) is 4.24. The molecule has 0 spiro atoms. The summed E-state index contributed by atoms with van der Waals surface area (Å²) in [5.41, 5.74) is 4.31. The maximum absolute atomic E-state index is 10.6. The minimum atomic E-state index is -0.554. The van der Waals surface area contributed by atoms with Crippen molar-refractivity contribution >= 4 is 11.6 Å². The van der Waals surface area contributed by atoms with E-state index < -0.39 is 6.23 Å². The molecule has 1 aliphatic rings. The van der Waals surface area contributed by atoms with Crippen molar-refractivity contribution < 1.29 is 5.11 Å². The summed E-state index contributed by atoms with van der Waals surface area (Å²) in [5.74, 6) is 0. The number of nitrogens with zero attached hydrogens (tertiary/aromatic N) is 1. The SMILES string of the molecule is CC.Cc1ccc(Cl)cc1-c1cccc(C(O)N2CCNCC2)c1. The van der Waals surface area contributed by atoms with E-state index in [0.29, 0.717) is 0 Å². The number of nitrogens with one attached hydrogen (secondary N) is 1. The first-order valence-electron chi connectivity index (χ1n) is 8.64. The molecule has 0 radical (unpaired) electrons. The Morgan fingerprint density at radius 3 is 2.50 bits per heavy atom. The first-order chi connectivity index (χ1) is 11.6. The van der Waals surface area contributed by atoms with Crippen LogP contribution in [0.3, 0.4) is 0 Å². The Hall–Kier alpha value is -1.39. The molecule has 4 heteroatoms. The Bertz CT molecular complexity index is 654. The Morgan fingerprint density at radius 2 is 1.79 bits per heavy atom. The molecule has 1 unspecified atom stereocenters. The van der Waals surface area contributed by atoms with Crippen molar-refractivity contribution in [2.75, 3.05) is 26.2 Å². The third-order valence-corrected chi connectivity index (χ3v) is 4.43. The average Bonchev–Trinajstić information content (AvgIpc) is 2.65. The molecule has 3 nitrogen and oxygen atoms in total. The molecular formula is C20H27ClN2O. The van der Waals surface area contributed by atoms with Crippen LogP contribution in [0, 0.1) is 6.92 Å². The molecule has 1 saturated heterocycles. The van der Waals surface area contributed by atoms with Crippen LogP contribution in [0.4, 0.5) is 0 Å². The number of piperazine rings is 1. The van der Waals surface area contributed by atoms with E-state index in [2.05, 4.69) is 29.3 Å². The van der Waals surface area contributed by atoms with Gasteiger partial charge in [0.05, 0.1) is 0 Å². The Kier molecular flexibility index (Phi) is 7.25. The van der Waals surface area contributed by atoms with Crippen LogP contribution in [0.1, 0.15) is 31.2 Å². The molecule has 0 aromatic heterocycles. The fraction of sp³-hybridized carbons (Fsp3) is 0.400. The lowest BCUT2D eigenvalue weighted by Gasteiger charge is -2.32. The number of aliphatic hydroxyl groups is 1. The van der Waals surface area contributed by atoms with Gasteiger partial charge in [0.25, 0.3) is 0 Å². The number of rotatable bonds is 3. The second-order valence-corrected chi connectivity index (χ2v) is 6.18. The predicted molar refractivity (Wildman–Crippen MR) is 102 cm³/mol. The van der Waals surface area contributed by atoms with Crippen molar-refractivity contribution in [2.24, 2.45) is 0 Å². The first-order valence-corrected chi connectivity index (χ1v) is 9.02. The normalized spacial score (nSPS) is 16.2. The summed E-state index contributed by atoms with van der Waals surface area (Å²) in [6.45, 7) is 9.64. The van der Waals surface area contributed by atoms with Crippen LogP contribution in [0.2, 0.25) is 5.02 Å². The van der Waals surface area contributed by atoms with Gasteiger partial charge < -0.3 is 10.4 Å². The lowest BCUT2D eigenvalue weighted by atomic mass is 9.98. The van der Waals surface area contributed by atoms with E-state index in [0.717, 1.165) is 47.9 Å². The van der Waals surface area contributed by atoms with Crippen LogP contribution in [0.15, 0.2) is 42.5 Å². The van der Waals surface area contributed by atoms with E-state index in [-0.39, 0.29) is 0 Å². The quantitative estimate of drug-likeness (QED) is 0.872. The molecule has 2 aromatic carbocycles. The molecule has 1 atom stereocenters. The summed E-state index contributed by atoms with van der Waals surface area (Å²) in [6, 6.07) is 14.0. The molecule has 1 heterocycles. The Morgan fingerprint density at radius 1 is 1.08 bits per heavy atom. The maximum atomic E-state index is 10.6. The van der Waals surface area contributed by atoms with Gasteiger partial charge in [-0.1, -0.05) is 49.7 Å². The van der Waals surface area contributed by atoms with Gasteiger partial charge in [-0.05, 0) is 47.4 Å². The zero-order valence-electron chi connectivity index (χ0n) is 14.7. The van der Waals surface area contributed by atoms with Gasteiger partial charge in [-0.3, -0.25) is 4.90 Å². The van der Waals surface area contributed by atoms with Crippen LogP contribution in [-0.4, -0.2) is 36.2 Å². The Labute approximate surface area is 150 Å². The number of hydrogen-bond donors (Lipinski definition) is 2. The summed E-state index contributed by atoms with van der Waals surface area (Å²) in [7, 11) is 0. The highest BCUT2D eigenvalue weighted by atomic mass is 35.5. The van der Waals surface area contributed by atoms with E-state index in [1.165, 1.54) is 5.56 Å². The smallest absolute Gasteiger partial charge is 0.133 e. The molecule has 0 aliphatic carbocycles. The van der Waals surface area contributed by atoms with Crippen LogP contribution < -0.4 is 5.32 Å². The van der Waals surface area contributed by atoms with Gasteiger partial charge in [-0.2, -0.15) is 0 Å². The third-order valence-electron chi connectivity index (χ3n) is 4.19. The van der Waals surface area contributed by atoms with Gasteiger partial charge in [0.2, 0.25) is 0 Å². The zero-order valence-corrected chi connectivity index (χ0v) is 15.5.